The number of hydrogen-bond acceptors (Lipinski definition) is 4. The Hall–Kier alpha value is -4.26. The summed E-state index contributed by atoms with van der Waals surface area (Å²) >= 11 is 0. The van der Waals surface area contributed by atoms with E-state index in [4.69, 9.17) is 9.47 Å². The number of benzene rings is 4. The molecule has 6 heteroatoms. The Morgan fingerprint density at radius 3 is 1.35 bits per heavy atom. The van der Waals surface area contributed by atoms with Crippen molar-refractivity contribution >= 4 is 34.3 Å². The highest BCUT2D eigenvalue weighted by Crippen LogP contribution is 2.31. The monoisotopic (exact) mass is 534 g/mol. The van der Waals surface area contributed by atoms with Crippen LogP contribution in [-0.2, 0) is 0 Å². The van der Waals surface area contributed by atoms with E-state index in [1.807, 2.05) is 84.9 Å². The first-order valence-electron chi connectivity index (χ1n) is 14.0. The zero-order chi connectivity index (χ0) is 27.6. The van der Waals surface area contributed by atoms with Gasteiger partial charge >= 0.3 is 0 Å². The normalized spacial score (nSPS) is 16.9. The SMILES string of the molecule is C[NH+]1c2ccccc2C(=O)c2cc(OCCCCCCOc3ccc4c(c3)C(=O)c3ccccc3[NH+]4C)ccc21. The Labute approximate surface area is 234 Å². The van der Waals surface area contributed by atoms with Crippen molar-refractivity contribution in [3.63, 3.8) is 0 Å². The molecule has 0 aliphatic carbocycles. The lowest BCUT2D eigenvalue weighted by Gasteiger charge is -2.23. The van der Waals surface area contributed by atoms with E-state index in [1.54, 1.807) is 0 Å². The van der Waals surface area contributed by atoms with Crippen LogP contribution in [0.5, 0.6) is 11.5 Å². The van der Waals surface area contributed by atoms with E-state index in [0.29, 0.717) is 24.3 Å². The van der Waals surface area contributed by atoms with Crippen molar-refractivity contribution in [1.29, 1.82) is 0 Å². The highest BCUT2D eigenvalue weighted by molar-refractivity contribution is 6.16. The lowest BCUT2D eigenvalue weighted by atomic mass is 9.94. The predicted octanol–water partition coefficient (Wildman–Crippen LogP) is 4.75. The molecule has 202 valence electrons. The number of ketones is 2. The largest absolute Gasteiger partial charge is 0.494 e. The van der Waals surface area contributed by atoms with Crippen LogP contribution in [0.15, 0.2) is 84.9 Å². The van der Waals surface area contributed by atoms with Gasteiger partial charge in [-0.2, -0.15) is 0 Å². The third-order valence-corrected chi connectivity index (χ3v) is 8.01. The van der Waals surface area contributed by atoms with Crippen molar-refractivity contribution in [3.05, 3.63) is 107 Å². The van der Waals surface area contributed by atoms with Gasteiger partial charge in [0.25, 0.3) is 0 Å². The predicted molar refractivity (Wildman–Crippen MR) is 155 cm³/mol. The van der Waals surface area contributed by atoms with Crippen molar-refractivity contribution in [1.82, 2.24) is 0 Å². The van der Waals surface area contributed by atoms with Crippen molar-refractivity contribution < 1.29 is 28.9 Å². The average Bonchev–Trinajstić information content (AvgIpc) is 3.00. The summed E-state index contributed by atoms with van der Waals surface area (Å²) in [5.41, 5.74) is 6.93. The van der Waals surface area contributed by atoms with Gasteiger partial charge in [0.15, 0.2) is 0 Å². The number of carbonyl (C=O) groups excluding carboxylic acids is 2. The number of hydrogen-bond donors (Lipinski definition) is 2. The number of ether oxygens (including phenoxy) is 2. The molecule has 0 saturated carbocycles. The molecule has 0 bridgehead atoms. The summed E-state index contributed by atoms with van der Waals surface area (Å²) in [6.07, 6.45) is 3.92. The Morgan fingerprint density at radius 1 is 0.500 bits per heavy atom. The standard InChI is InChI=1S/C34H32N2O4/c1-35-29-13-7-5-11-25(29)33(37)27-21-23(15-17-31(27)35)39-19-9-3-4-10-20-40-24-16-18-32-28(22-24)34(38)26-12-6-8-14-30(26)36(32)2/h5-8,11-18,21-22H,3-4,9-10,19-20H2,1-2H3/p+2. The molecule has 0 radical (unpaired) electrons. The van der Waals surface area contributed by atoms with Crippen LogP contribution in [0.3, 0.4) is 0 Å². The molecule has 0 spiro atoms. The highest BCUT2D eigenvalue weighted by Gasteiger charge is 2.32. The van der Waals surface area contributed by atoms with Gasteiger partial charge < -0.3 is 9.47 Å². The first-order chi connectivity index (χ1) is 19.5. The molecule has 2 unspecified atom stereocenters. The van der Waals surface area contributed by atoms with Crippen LogP contribution in [0.1, 0.15) is 57.5 Å². The van der Waals surface area contributed by atoms with Crippen molar-refractivity contribution in [3.8, 4) is 11.5 Å². The summed E-state index contributed by atoms with van der Waals surface area (Å²) in [6, 6.07) is 27.2. The zero-order valence-electron chi connectivity index (χ0n) is 23.0. The molecule has 2 N–H and O–H groups in total. The number of quaternary nitrogens is 2. The fraction of sp³-hybridized carbons (Fsp3) is 0.235. The minimum atomic E-state index is 0.0584. The fourth-order valence-electron chi connectivity index (χ4n) is 5.79. The highest BCUT2D eigenvalue weighted by atomic mass is 16.5. The maximum absolute atomic E-state index is 13.0. The summed E-state index contributed by atoms with van der Waals surface area (Å²) in [7, 11) is 4.14. The first-order valence-corrected chi connectivity index (χ1v) is 14.0. The van der Waals surface area contributed by atoms with Crippen molar-refractivity contribution in [2.24, 2.45) is 0 Å². The molecule has 40 heavy (non-hydrogen) atoms. The second-order valence-electron chi connectivity index (χ2n) is 10.5. The Balaban J connectivity index is 0.948. The van der Waals surface area contributed by atoms with Gasteiger partial charge in [0.1, 0.15) is 34.2 Å². The van der Waals surface area contributed by atoms with Gasteiger partial charge in [-0.1, -0.05) is 24.3 Å². The summed E-state index contributed by atoms with van der Waals surface area (Å²) in [4.78, 5) is 28.3. The molecule has 0 saturated heterocycles. The molecule has 4 aromatic rings. The molecular formula is C34H34N2O4+2. The summed E-state index contributed by atoms with van der Waals surface area (Å²) in [5.74, 6) is 1.59. The number of carbonyl (C=O) groups is 2. The van der Waals surface area contributed by atoms with E-state index in [2.05, 4.69) is 14.1 Å². The molecule has 2 atom stereocenters. The fourth-order valence-corrected chi connectivity index (χ4v) is 5.79. The van der Waals surface area contributed by atoms with Gasteiger partial charge in [-0.05, 0) is 62.1 Å². The smallest absolute Gasteiger partial charge is 0.205 e. The third-order valence-electron chi connectivity index (χ3n) is 8.01. The Bertz CT molecular complexity index is 1480. The molecule has 0 aromatic heterocycles. The summed E-state index contributed by atoms with van der Waals surface area (Å²) in [6.45, 7) is 1.22. The number of nitrogens with one attached hydrogen (secondary N) is 2. The zero-order valence-corrected chi connectivity index (χ0v) is 23.0. The van der Waals surface area contributed by atoms with E-state index in [9.17, 15) is 9.59 Å². The molecule has 0 amide bonds. The summed E-state index contributed by atoms with van der Waals surface area (Å²) < 4.78 is 12.0. The van der Waals surface area contributed by atoms with Crippen LogP contribution in [-0.4, -0.2) is 38.9 Å². The van der Waals surface area contributed by atoms with E-state index >= 15 is 0 Å². The molecule has 4 aromatic carbocycles. The maximum Gasteiger partial charge on any atom is 0.205 e. The number of fused-ring (bicyclic) bond motifs is 4. The molecule has 2 heterocycles. The molecule has 6 rings (SSSR count). The van der Waals surface area contributed by atoms with Crippen LogP contribution >= 0.6 is 0 Å². The second-order valence-corrected chi connectivity index (χ2v) is 10.5. The van der Waals surface area contributed by atoms with Crippen LogP contribution < -0.4 is 19.3 Å². The lowest BCUT2D eigenvalue weighted by molar-refractivity contribution is -0.736. The van der Waals surface area contributed by atoms with E-state index in [1.165, 1.54) is 0 Å². The minimum Gasteiger partial charge on any atom is -0.494 e. The van der Waals surface area contributed by atoms with Gasteiger partial charge in [-0.3, -0.25) is 19.4 Å². The van der Waals surface area contributed by atoms with E-state index in [-0.39, 0.29) is 11.6 Å². The van der Waals surface area contributed by atoms with Gasteiger partial charge in [0.2, 0.25) is 11.6 Å². The van der Waals surface area contributed by atoms with Crippen LogP contribution in [0.25, 0.3) is 0 Å². The van der Waals surface area contributed by atoms with E-state index in [0.717, 1.165) is 80.9 Å². The first kappa shape index (κ1) is 26.0. The number of rotatable bonds is 9. The number of unbranched alkanes of at least 4 members (excludes halogenated alkanes) is 3. The second kappa shape index (κ2) is 11.1. The van der Waals surface area contributed by atoms with Gasteiger partial charge in [-0.25, -0.2) is 0 Å². The number of para-hydroxylation sites is 2. The quantitative estimate of drug-likeness (QED) is 0.304. The van der Waals surface area contributed by atoms with Crippen LogP contribution in [0, 0.1) is 0 Å². The maximum atomic E-state index is 13.0. The molecule has 6 nitrogen and oxygen atoms in total. The third kappa shape index (κ3) is 4.81. The molecule has 0 fully saturated rings. The molecule has 2 aliphatic rings. The molecular weight excluding hydrogens is 500 g/mol. The van der Waals surface area contributed by atoms with Gasteiger partial charge in [0.05, 0.1) is 49.6 Å². The lowest BCUT2D eigenvalue weighted by Crippen LogP contribution is -2.99. The topological polar surface area (TPSA) is 61.5 Å². The Morgan fingerprint density at radius 2 is 0.900 bits per heavy atom. The van der Waals surface area contributed by atoms with Crippen molar-refractivity contribution in [2.75, 3.05) is 27.3 Å². The van der Waals surface area contributed by atoms with E-state index < -0.39 is 0 Å². The van der Waals surface area contributed by atoms with Crippen molar-refractivity contribution in [2.45, 2.75) is 25.7 Å². The molecule has 2 aliphatic heterocycles. The average molecular weight is 535 g/mol. The van der Waals surface area contributed by atoms with Crippen LogP contribution in [0.4, 0.5) is 22.7 Å². The summed E-state index contributed by atoms with van der Waals surface area (Å²) in [5, 5.41) is 0. The van der Waals surface area contributed by atoms with Crippen LogP contribution in [0.2, 0.25) is 0 Å². The minimum absolute atomic E-state index is 0.0584. The van der Waals surface area contributed by atoms with Gasteiger partial charge in [0, 0.05) is 24.3 Å². The van der Waals surface area contributed by atoms with Gasteiger partial charge in [-0.15, -0.1) is 0 Å². The Kier molecular flexibility index (Phi) is 7.20.